The zero-order chi connectivity index (χ0) is 45.5. The first-order chi connectivity index (χ1) is 33.7. The lowest BCUT2D eigenvalue weighted by atomic mass is 10.0. The van der Waals surface area contributed by atoms with E-state index in [1.165, 1.54) is 41.8 Å². The topological polar surface area (TPSA) is 41.9 Å². The summed E-state index contributed by atoms with van der Waals surface area (Å²) in [5.41, 5.74) is 10.8. The highest BCUT2D eigenvalue weighted by Gasteiger charge is 2.33. The molecule has 0 aliphatic rings. The van der Waals surface area contributed by atoms with Crippen LogP contribution in [-0.4, -0.2) is 15.0 Å². The lowest BCUT2D eigenvalue weighted by Crippen LogP contribution is -2.10. The van der Waals surface area contributed by atoms with Gasteiger partial charge < -0.3 is 4.90 Å². The minimum absolute atomic E-state index is 0.627. The van der Waals surface area contributed by atoms with Crippen molar-refractivity contribution in [1.82, 2.24) is 15.0 Å². The van der Waals surface area contributed by atoms with Gasteiger partial charge in [-0.05, 0) is 107 Å². The Hall–Kier alpha value is -8.64. The number of rotatable bonds is 12. The minimum atomic E-state index is -2.03. The second kappa shape index (κ2) is 19.1. The van der Waals surface area contributed by atoms with E-state index < -0.39 is 10.0 Å². The van der Waals surface area contributed by atoms with Crippen LogP contribution >= 0.6 is 10.0 Å². The molecule has 0 radical (unpaired) electrons. The summed E-state index contributed by atoms with van der Waals surface area (Å²) >= 11 is 0. The highest BCUT2D eigenvalue weighted by molar-refractivity contribution is 8.34. The fourth-order valence-corrected chi connectivity index (χ4v) is 12.8. The van der Waals surface area contributed by atoms with Gasteiger partial charge in [0.05, 0.1) is 0 Å². The van der Waals surface area contributed by atoms with Gasteiger partial charge in [0.2, 0.25) is 0 Å². The largest absolute Gasteiger partial charge is 0.311 e. The summed E-state index contributed by atoms with van der Waals surface area (Å²) in [7, 11) is -2.03. The molecule has 68 heavy (non-hydrogen) atoms. The lowest BCUT2D eigenvalue weighted by Gasteiger charge is -2.42. The van der Waals surface area contributed by atoms with E-state index in [4.69, 9.17) is 15.0 Å². The quantitative estimate of drug-likeness (QED) is 0.123. The molecule has 5 heteroatoms. The molecule has 4 nitrogen and oxygen atoms in total. The van der Waals surface area contributed by atoms with Crippen LogP contribution in [0.5, 0.6) is 0 Å². The van der Waals surface area contributed by atoms with Crippen LogP contribution in [0.15, 0.2) is 299 Å². The predicted octanol–water partition coefficient (Wildman–Crippen LogP) is 17.0. The van der Waals surface area contributed by atoms with Gasteiger partial charge in [-0.15, -0.1) is 10.0 Å². The van der Waals surface area contributed by atoms with E-state index in [2.05, 4.69) is 223 Å². The molecular formula is C63H46N4S. The molecule has 1 heterocycles. The molecule has 0 aliphatic heterocycles. The van der Waals surface area contributed by atoms with Gasteiger partial charge in [0.1, 0.15) is 0 Å². The van der Waals surface area contributed by atoms with E-state index in [1.807, 2.05) is 60.7 Å². The van der Waals surface area contributed by atoms with Crippen LogP contribution in [-0.2, 0) is 0 Å². The summed E-state index contributed by atoms with van der Waals surface area (Å²) in [4.78, 5) is 22.3. The Bertz CT molecular complexity index is 3190. The van der Waals surface area contributed by atoms with E-state index in [9.17, 15) is 0 Å². The van der Waals surface area contributed by atoms with Crippen molar-refractivity contribution >= 4 is 27.1 Å². The molecule has 0 fully saturated rings. The summed E-state index contributed by atoms with van der Waals surface area (Å²) in [6.45, 7) is 0. The molecule has 0 saturated heterocycles. The van der Waals surface area contributed by atoms with Crippen molar-refractivity contribution < 1.29 is 0 Å². The molecular weight excluding hydrogens is 845 g/mol. The molecule has 0 saturated carbocycles. The molecule has 11 rings (SSSR count). The van der Waals surface area contributed by atoms with Crippen LogP contribution < -0.4 is 4.90 Å². The van der Waals surface area contributed by atoms with Crippen LogP contribution in [0, 0.1) is 0 Å². The standard InChI is InChI=1S/C63H46N4S/c1-7-19-47(20-8-1)49-31-37-54(38-32-49)67(55-39-33-50(34-40-55)48-21-9-2-10-22-48)56-41-45-60(46-42-56)68(57-27-15-5-16-28-57,58-29-17-6-18-30-58)59-43-35-53(36-44-59)63-65-61(51-23-11-3-12-24-51)64-62(66-63)52-25-13-4-14-26-52/h1-46H. The van der Waals surface area contributed by atoms with Crippen molar-refractivity contribution in [2.45, 2.75) is 19.6 Å². The average Bonchev–Trinajstić information content (AvgIpc) is 3.43. The number of hydrogen-bond donors (Lipinski definition) is 0. The maximum absolute atomic E-state index is 5.06. The van der Waals surface area contributed by atoms with Crippen molar-refractivity contribution in [3.8, 4) is 56.4 Å². The number of aromatic nitrogens is 3. The first kappa shape index (κ1) is 42.0. The molecule has 324 valence electrons. The van der Waals surface area contributed by atoms with Gasteiger partial charge in [-0.25, -0.2) is 15.0 Å². The Morgan fingerprint density at radius 1 is 0.206 bits per heavy atom. The monoisotopic (exact) mass is 890 g/mol. The van der Waals surface area contributed by atoms with E-state index in [1.54, 1.807) is 0 Å². The van der Waals surface area contributed by atoms with Crippen LogP contribution in [0.4, 0.5) is 17.1 Å². The highest BCUT2D eigenvalue weighted by atomic mass is 32.3. The van der Waals surface area contributed by atoms with E-state index >= 15 is 0 Å². The van der Waals surface area contributed by atoms with Crippen LogP contribution in [0.3, 0.4) is 0 Å². The fourth-order valence-electron chi connectivity index (χ4n) is 8.93. The SMILES string of the molecule is c1ccc(-c2ccc(N(c3ccc(-c4ccccc4)cc3)c3ccc(S(c4ccccc4)(c4ccccc4)c4ccc(-c5nc(-c6ccccc6)nc(-c6ccccc6)n5)cc4)cc3)cc2)cc1. The van der Waals surface area contributed by atoms with Gasteiger partial charge in [-0.2, -0.15) is 0 Å². The molecule has 0 spiro atoms. The third-order valence-corrected chi connectivity index (χ3v) is 16.2. The van der Waals surface area contributed by atoms with Crippen LogP contribution in [0.2, 0.25) is 0 Å². The smallest absolute Gasteiger partial charge is 0.164 e. The highest BCUT2D eigenvalue weighted by Crippen LogP contribution is 2.73. The van der Waals surface area contributed by atoms with Gasteiger partial charge in [-0.1, -0.05) is 194 Å². The average molecular weight is 891 g/mol. The maximum atomic E-state index is 5.06. The van der Waals surface area contributed by atoms with Crippen molar-refractivity contribution in [3.63, 3.8) is 0 Å². The van der Waals surface area contributed by atoms with Gasteiger partial charge in [-0.3, -0.25) is 0 Å². The number of hydrogen-bond acceptors (Lipinski definition) is 4. The Morgan fingerprint density at radius 3 is 0.765 bits per heavy atom. The third kappa shape index (κ3) is 8.39. The fraction of sp³-hybridized carbons (Fsp3) is 0. The second-order valence-electron chi connectivity index (χ2n) is 16.5. The molecule has 1 aromatic heterocycles. The zero-order valence-electron chi connectivity index (χ0n) is 37.3. The number of anilines is 3. The number of nitrogens with zero attached hydrogens (tertiary/aromatic N) is 4. The molecule has 0 N–H and O–H groups in total. The molecule has 10 aromatic carbocycles. The van der Waals surface area contributed by atoms with E-state index in [0.717, 1.165) is 33.8 Å². The Morgan fingerprint density at radius 2 is 0.426 bits per heavy atom. The summed E-state index contributed by atoms with van der Waals surface area (Å²) in [5.74, 6) is 1.91. The Balaban J connectivity index is 1.03. The normalized spacial score (nSPS) is 11.5. The summed E-state index contributed by atoms with van der Waals surface area (Å²) in [5, 5.41) is 0. The van der Waals surface area contributed by atoms with E-state index in [-0.39, 0.29) is 0 Å². The zero-order valence-corrected chi connectivity index (χ0v) is 38.1. The van der Waals surface area contributed by atoms with Crippen LogP contribution in [0.25, 0.3) is 56.4 Å². The second-order valence-corrected chi connectivity index (χ2v) is 19.6. The van der Waals surface area contributed by atoms with Crippen molar-refractivity contribution in [2.75, 3.05) is 4.90 Å². The summed E-state index contributed by atoms with van der Waals surface area (Å²) in [6.07, 6.45) is 0. The molecule has 0 bridgehead atoms. The van der Waals surface area contributed by atoms with Gasteiger partial charge in [0.15, 0.2) is 17.5 Å². The maximum Gasteiger partial charge on any atom is 0.164 e. The predicted molar refractivity (Wildman–Crippen MR) is 282 cm³/mol. The first-order valence-electron chi connectivity index (χ1n) is 22.8. The van der Waals surface area contributed by atoms with E-state index in [0.29, 0.717) is 17.5 Å². The first-order valence-corrected chi connectivity index (χ1v) is 24.5. The van der Waals surface area contributed by atoms with Gasteiger partial charge in [0, 0.05) is 53.3 Å². The minimum Gasteiger partial charge on any atom is -0.311 e. The summed E-state index contributed by atoms with van der Waals surface area (Å²) in [6, 6.07) is 99.3. The van der Waals surface area contributed by atoms with Crippen LogP contribution in [0.1, 0.15) is 0 Å². The van der Waals surface area contributed by atoms with Gasteiger partial charge in [0.25, 0.3) is 0 Å². The van der Waals surface area contributed by atoms with Gasteiger partial charge >= 0.3 is 0 Å². The van der Waals surface area contributed by atoms with Crippen molar-refractivity contribution in [1.29, 1.82) is 0 Å². The lowest BCUT2D eigenvalue weighted by molar-refractivity contribution is 1.07. The van der Waals surface area contributed by atoms with Crippen molar-refractivity contribution in [3.05, 3.63) is 279 Å². The molecule has 11 aromatic rings. The molecule has 0 aliphatic carbocycles. The Labute approximate surface area is 399 Å². The number of benzene rings is 10. The Kier molecular flexibility index (Phi) is 11.8. The summed E-state index contributed by atoms with van der Waals surface area (Å²) < 4.78 is 0. The molecule has 0 amide bonds. The molecule has 0 atom stereocenters. The van der Waals surface area contributed by atoms with Crippen molar-refractivity contribution in [2.24, 2.45) is 0 Å². The third-order valence-electron chi connectivity index (χ3n) is 12.3. The molecule has 0 unspecified atom stereocenters.